The molecule has 0 saturated heterocycles. The molecule has 0 aliphatic carbocycles. The second-order valence-corrected chi connectivity index (χ2v) is 5.11. The molecule has 3 heteroatoms. The quantitative estimate of drug-likeness (QED) is 0.695. The van der Waals surface area contributed by atoms with Crippen LogP contribution in [0.1, 0.15) is 20.3 Å². The van der Waals surface area contributed by atoms with E-state index in [0.29, 0.717) is 12.0 Å². The van der Waals surface area contributed by atoms with E-state index in [-0.39, 0.29) is 0 Å². The van der Waals surface area contributed by atoms with Crippen molar-refractivity contribution in [1.29, 1.82) is 0 Å². The molecule has 1 aliphatic rings. The summed E-state index contributed by atoms with van der Waals surface area (Å²) in [6.07, 6.45) is 3.37. The molecule has 1 N–H and O–H groups in total. The standard InChI is InChI=1S/C13H26N2O/c1-11(2)13(15(3)4)9-14-8-12-6-5-7-16-10-12/h6,11,13-14H,5,7-10H2,1-4H3. The second kappa shape index (κ2) is 7.05. The van der Waals surface area contributed by atoms with Crippen molar-refractivity contribution in [3.63, 3.8) is 0 Å². The van der Waals surface area contributed by atoms with Crippen molar-refractivity contribution in [1.82, 2.24) is 10.2 Å². The fourth-order valence-electron chi connectivity index (χ4n) is 2.13. The van der Waals surface area contributed by atoms with Crippen molar-refractivity contribution < 1.29 is 4.74 Å². The van der Waals surface area contributed by atoms with Gasteiger partial charge in [-0.25, -0.2) is 0 Å². The summed E-state index contributed by atoms with van der Waals surface area (Å²) < 4.78 is 5.42. The van der Waals surface area contributed by atoms with Crippen LogP contribution < -0.4 is 5.32 Å². The van der Waals surface area contributed by atoms with Gasteiger partial charge in [-0.05, 0) is 32.0 Å². The zero-order chi connectivity index (χ0) is 12.0. The third-order valence-electron chi connectivity index (χ3n) is 3.12. The summed E-state index contributed by atoms with van der Waals surface area (Å²) in [5.74, 6) is 0.680. The Kier molecular flexibility index (Phi) is 6.03. The average Bonchev–Trinajstić information content (AvgIpc) is 2.24. The lowest BCUT2D eigenvalue weighted by atomic mass is 10.0. The Morgan fingerprint density at radius 3 is 2.69 bits per heavy atom. The number of nitrogens with one attached hydrogen (secondary N) is 1. The highest BCUT2D eigenvalue weighted by molar-refractivity contribution is 5.06. The molecule has 1 rings (SSSR count). The Labute approximate surface area is 99.8 Å². The van der Waals surface area contributed by atoms with Gasteiger partial charge in [-0.15, -0.1) is 0 Å². The van der Waals surface area contributed by atoms with Crippen molar-refractivity contribution in [2.45, 2.75) is 26.3 Å². The van der Waals surface area contributed by atoms with E-state index >= 15 is 0 Å². The maximum atomic E-state index is 5.42. The summed E-state index contributed by atoms with van der Waals surface area (Å²) >= 11 is 0. The zero-order valence-electron chi connectivity index (χ0n) is 11.1. The normalized spacial score (nSPS) is 19.0. The molecule has 16 heavy (non-hydrogen) atoms. The number of ether oxygens (including phenoxy) is 1. The van der Waals surface area contributed by atoms with Crippen molar-refractivity contribution in [2.24, 2.45) is 5.92 Å². The van der Waals surface area contributed by atoms with Crippen LogP contribution in [0.2, 0.25) is 0 Å². The first-order chi connectivity index (χ1) is 7.61. The molecule has 1 atom stereocenters. The monoisotopic (exact) mass is 226 g/mol. The van der Waals surface area contributed by atoms with Crippen LogP contribution in [0.25, 0.3) is 0 Å². The topological polar surface area (TPSA) is 24.5 Å². The number of hydrogen-bond donors (Lipinski definition) is 1. The molecule has 0 bridgehead atoms. The maximum absolute atomic E-state index is 5.42. The van der Waals surface area contributed by atoms with Gasteiger partial charge in [0, 0.05) is 19.1 Å². The van der Waals surface area contributed by atoms with E-state index in [2.05, 4.69) is 44.2 Å². The zero-order valence-corrected chi connectivity index (χ0v) is 11.1. The third kappa shape index (κ3) is 4.64. The van der Waals surface area contributed by atoms with Gasteiger partial charge in [0.25, 0.3) is 0 Å². The smallest absolute Gasteiger partial charge is 0.0689 e. The fourth-order valence-corrected chi connectivity index (χ4v) is 2.13. The maximum Gasteiger partial charge on any atom is 0.0689 e. The Morgan fingerprint density at radius 2 is 2.19 bits per heavy atom. The lowest BCUT2D eigenvalue weighted by Crippen LogP contribution is -2.42. The Morgan fingerprint density at radius 1 is 1.44 bits per heavy atom. The van der Waals surface area contributed by atoms with Gasteiger partial charge in [-0.3, -0.25) is 0 Å². The highest BCUT2D eigenvalue weighted by atomic mass is 16.5. The van der Waals surface area contributed by atoms with Crippen LogP contribution >= 0.6 is 0 Å². The van der Waals surface area contributed by atoms with Gasteiger partial charge in [-0.2, -0.15) is 0 Å². The van der Waals surface area contributed by atoms with Gasteiger partial charge >= 0.3 is 0 Å². The molecule has 0 fully saturated rings. The van der Waals surface area contributed by atoms with Crippen LogP contribution in [0, 0.1) is 5.92 Å². The van der Waals surface area contributed by atoms with Crippen LogP contribution in [0.3, 0.4) is 0 Å². The van der Waals surface area contributed by atoms with Gasteiger partial charge in [0.2, 0.25) is 0 Å². The molecule has 0 amide bonds. The van der Waals surface area contributed by atoms with Crippen LogP contribution in [0.15, 0.2) is 11.6 Å². The molecular formula is C13H26N2O. The summed E-state index contributed by atoms with van der Waals surface area (Å²) in [6.45, 7) is 8.25. The summed E-state index contributed by atoms with van der Waals surface area (Å²) in [5.41, 5.74) is 1.40. The summed E-state index contributed by atoms with van der Waals surface area (Å²) in [6, 6.07) is 0.602. The van der Waals surface area contributed by atoms with Crippen molar-refractivity contribution in [3.8, 4) is 0 Å². The molecule has 0 radical (unpaired) electrons. The SMILES string of the molecule is CC(C)C(CNCC1=CCCOC1)N(C)C. The first kappa shape index (κ1) is 13.7. The molecule has 3 nitrogen and oxygen atoms in total. The lowest BCUT2D eigenvalue weighted by molar-refractivity contribution is 0.148. The molecule has 0 spiro atoms. The van der Waals surface area contributed by atoms with E-state index in [1.807, 2.05) is 0 Å². The predicted octanol–water partition coefficient (Wildman–Crippen LogP) is 1.51. The Hall–Kier alpha value is -0.380. The second-order valence-electron chi connectivity index (χ2n) is 5.11. The number of likely N-dealkylation sites (N-methyl/N-ethyl adjacent to an activating group) is 1. The van der Waals surface area contributed by atoms with E-state index < -0.39 is 0 Å². The molecule has 0 aromatic heterocycles. The highest BCUT2D eigenvalue weighted by Gasteiger charge is 2.15. The molecule has 0 saturated carbocycles. The van der Waals surface area contributed by atoms with Crippen molar-refractivity contribution in [3.05, 3.63) is 11.6 Å². The molecule has 1 heterocycles. The van der Waals surface area contributed by atoms with Gasteiger partial charge in [0.05, 0.1) is 13.2 Å². The van der Waals surface area contributed by atoms with E-state index in [4.69, 9.17) is 4.74 Å². The molecule has 0 aromatic rings. The van der Waals surface area contributed by atoms with E-state index in [1.165, 1.54) is 5.57 Å². The summed E-state index contributed by atoms with van der Waals surface area (Å²) in [5, 5.41) is 3.53. The molecule has 0 aromatic carbocycles. The fraction of sp³-hybridized carbons (Fsp3) is 0.846. The van der Waals surface area contributed by atoms with Gasteiger partial charge in [0.1, 0.15) is 0 Å². The predicted molar refractivity (Wildman–Crippen MR) is 68.7 cm³/mol. The van der Waals surface area contributed by atoms with Crippen LogP contribution in [0.5, 0.6) is 0 Å². The van der Waals surface area contributed by atoms with E-state index in [9.17, 15) is 0 Å². The molecule has 1 aliphatic heterocycles. The van der Waals surface area contributed by atoms with Gasteiger partial charge in [-0.1, -0.05) is 19.9 Å². The van der Waals surface area contributed by atoms with Crippen LogP contribution in [-0.2, 0) is 4.74 Å². The number of hydrogen-bond acceptors (Lipinski definition) is 3. The Bertz CT molecular complexity index is 216. The van der Waals surface area contributed by atoms with Gasteiger partial charge < -0.3 is 15.0 Å². The summed E-state index contributed by atoms with van der Waals surface area (Å²) in [4.78, 5) is 2.30. The number of rotatable bonds is 6. The molecule has 94 valence electrons. The first-order valence-corrected chi connectivity index (χ1v) is 6.24. The van der Waals surface area contributed by atoms with Crippen molar-refractivity contribution >= 4 is 0 Å². The minimum absolute atomic E-state index is 0.602. The average molecular weight is 226 g/mol. The molecule has 1 unspecified atom stereocenters. The minimum atomic E-state index is 0.602. The first-order valence-electron chi connectivity index (χ1n) is 6.24. The largest absolute Gasteiger partial charge is 0.377 e. The van der Waals surface area contributed by atoms with E-state index in [0.717, 1.165) is 32.7 Å². The minimum Gasteiger partial charge on any atom is -0.377 e. The third-order valence-corrected chi connectivity index (χ3v) is 3.12. The van der Waals surface area contributed by atoms with E-state index in [1.54, 1.807) is 0 Å². The lowest BCUT2D eigenvalue weighted by Gasteiger charge is -2.28. The summed E-state index contributed by atoms with van der Waals surface area (Å²) in [7, 11) is 4.30. The Balaban J connectivity index is 2.24. The number of nitrogens with zero attached hydrogens (tertiary/aromatic N) is 1. The molecular weight excluding hydrogens is 200 g/mol. The van der Waals surface area contributed by atoms with Crippen molar-refractivity contribution in [2.75, 3.05) is 40.4 Å². The highest BCUT2D eigenvalue weighted by Crippen LogP contribution is 2.07. The van der Waals surface area contributed by atoms with Crippen LogP contribution in [-0.4, -0.2) is 51.3 Å². The van der Waals surface area contributed by atoms with Gasteiger partial charge in [0.15, 0.2) is 0 Å². The van der Waals surface area contributed by atoms with Crippen LogP contribution in [0.4, 0.5) is 0 Å².